The maximum absolute atomic E-state index is 13.8. The molecule has 5 N–H and O–H groups in total. The Bertz CT molecular complexity index is 1250. The fourth-order valence-electron chi connectivity index (χ4n) is 5.78. The predicted octanol–water partition coefficient (Wildman–Crippen LogP) is 2.41. The van der Waals surface area contributed by atoms with E-state index in [9.17, 15) is 14.7 Å². The van der Waals surface area contributed by atoms with Crippen LogP contribution in [0.4, 0.5) is 0 Å². The second kappa shape index (κ2) is 8.81. The highest BCUT2D eigenvalue weighted by molar-refractivity contribution is 5.92. The van der Waals surface area contributed by atoms with Gasteiger partial charge in [-0.25, -0.2) is 0 Å². The number of aliphatic hydroxyl groups excluding tert-OH is 1. The number of amides is 2. The second-order valence-electron chi connectivity index (χ2n) is 10.7. The number of piperidine rings is 1. The van der Waals surface area contributed by atoms with Crippen molar-refractivity contribution in [2.75, 3.05) is 13.1 Å². The summed E-state index contributed by atoms with van der Waals surface area (Å²) in [4.78, 5) is 31.6. The van der Waals surface area contributed by atoms with E-state index >= 15 is 0 Å². The number of likely N-dealkylation sites (tertiary alicyclic amines) is 1. The predicted molar refractivity (Wildman–Crippen MR) is 136 cm³/mol. The fourth-order valence-corrected chi connectivity index (χ4v) is 5.78. The molecule has 1 aromatic heterocycles. The average Bonchev–Trinajstić information content (AvgIpc) is 3.37. The molecule has 35 heavy (non-hydrogen) atoms. The van der Waals surface area contributed by atoms with Gasteiger partial charge in [0.05, 0.1) is 11.6 Å². The van der Waals surface area contributed by atoms with E-state index in [1.807, 2.05) is 47.5 Å². The van der Waals surface area contributed by atoms with Crippen LogP contribution < -0.4 is 11.1 Å². The lowest BCUT2D eigenvalue weighted by Gasteiger charge is -2.43. The SMILES string of the molecule is CC(C)(N)C(=O)N[C@H](Cc1c[nH]c2ccccc12)C(=O)N1CCC2(CC1)c1ccccc1CC2O. The van der Waals surface area contributed by atoms with Crippen molar-refractivity contribution < 1.29 is 14.7 Å². The molecular weight excluding hydrogens is 440 g/mol. The Morgan fingerprint density at radius 3 is 2.60 bits per heavy atom. The summed E-state index contributed by atoms with van der Waals surface area (Å²) >= 11 is 0. The Hall–Kier alpha value is -3.16. The number of carbonyl (C=O) groups excluding carboxylic acids is 2. The summed E-state index contributed by atoms with van der Waals surface area (Å²) in [7, 11) is 0. The van der Waals surface area contributed by atoms with Gasteiger partial charge in [0.1, 0.15) is 6.04 Å². The van der Waals surface area contributed by atoms with Crippen molar-refractivity contribution in [3.05, 3.63) is 71.4 Å². The number of aromatic amines is 1. The van der Waals surface area contributed by atoms with Crippen molar-refractivity contribution in [2.24, 2.45) is 5.73 Å². The normalized spacial score (nSPS) is 20.1. The molecule has 2 atom stereocenters. The zero-order valence-electron chi connectivity index (χ0n) is 20.4. The van der Waals surface area contributed by atoms with Gasteiger partial charge in [0.2, 0.25) is 11.8 Å². The molecule has 2 amide bonds. The number of H-pyrrole nitrogens is 1. The van der Waals surface area contributed by atoms with E-state index in [4.69, 9.17) is 5.73 Å². The molecule has 2 heterocycles. The van der Waals surface area contributed by atoms with Gasteiger partial charge in [-0.15, -0.1) is 0 Å². The molecule has 1 aliphatic carbocycles. The van der Waals surface area contributed by atoms with Gasteiger partial charge in [0.25, 0.3) is 0 Å². The third kappa shape index (κ3) is 4.23. The number of aromatic nitrogens is 1. The summed E-state index contributed by atoms with van der Waals surface area (Å²) < 4.78 is 0. The van der Waals surface area contributed by atoms with Gasteiger partial charge < -0.3 is 26.0 Å². The lowest BCUT2D eigenvalue weighted by atomic mass is 9.72. The fraction of sp³-hybridized carbons (Fsp3) is 0.429. The number of aliphatic hydroxyl groups is 1. The number of para-hydroxylation sites is 1. The molecule has 5 rings (SSSR count). The lowest BCUT2D eigenvalue weighted by molar-refractivity contribution is -0.139. The van der Waals surface area contributed by atoms with Crippen molar-refractivity contribution in [3.63, 3.8) is 0 Å². The molecule has 1 unspecified atom stereocenters. The van der Waals surface area contributed by atoms with E-state index in [2.05, 4.69) is 22.4 Å². The van der Waals surface area contributed by atoms with Crippen LogP contribution in [-0.2, 0) is 27.8 Å². The molecule has 7 heteroatoms. The van der Waals surface area contributed by atoms with Crippen LogP contribution in [0.2, 0.25) is 0 Å². The van der Waals surface area contributed by atoms with Gasteiger partial charge in [-0.1, -0.05) is 42.5 Å². The highest BCUT2D eigenvalue weighted by Crippen LogP contribution is 2.46. The lowest BCUT2D eigenvalue weighted by Crippen LogP contribution is -2.58. The standard InChI is InChI=1S/C28H34N4O3/c1-27(2,29)26(35)31-23(15-19-17-30-22-10-6-4-8-20(19)22)25(34)32-13-11-28(12-14-32)21-9-5-3-7-18(21)16-24(28)33/h3-10,17,23-24,30,33H,11-16,29H2,1-2H3,(H,31,35)/t23-,24?/m1/s1. The number of hydrogen-bond donors (Lipinski definition) is 4. The number of nitrogens with two attached hydrogens (primary N) is 1. The average molecular weight is 475 g/mol. The quantitative estimate of drug-likeness (QED) is 0.455. The third-order valence-corrected chi connectivity index (χ3v) is 7.86. The largest absolute Gasteiger partial charge is 0.392 e. The zero-order valence-corrected chi connectivity index (χ0v) is 20.4. The minimum Gasteiger partial charge on any atom is -0.392 e. The Balaban J connectivity index is 1.36. The van der Waals surface area contributed by atoms with Gasteiger partial charge in [-0.05, 0) is 55.9 Å². The first-order chi connectivity index (χ1) is 16.7. The number of benzene rings is 2. The van der Waals surface area contributed by atoms with Gasteiger partial charge in [0, 0.05) is 42.0 Å². The first kappa shape index (κ1) is 23.6. The van der Waals surface area contributed by atoms with E-state index < -0.39 is 17.7 Å². The molecule has 1 saturated heterocycles. The van der Waals surface area contributed by atoms with Gasteiger partial charge in [-0.2, -0.15) is 0 Å². The molecule has 1 aliphatic heterocycles. The van der Waals surface area contributed by atoms with Crippen molar-refractivity contribution in [1.29, 1.82) is 0 Å². The zero-order chi connectivity index (χ0) is 24.8. The minimum atomic E-state index is -1.09. The Morgan fingerprint density at radius 2 is 1.86 bits per heavy atom. The van der Waals surface area contributed by atoms with Gasteiger partial charge in [0.15, 0.2) is 0 Å². The Labute approximate surface area is 205 Å². The van der Waals surface area contributed by atoms with E-state index in [1.54, 1.807) is 13.8 Å². The monoisotopic (exact) mass is 474 g/mol. The summed E-state index contributed by atoms with van der Waals surface area (Å²) in [6.07, 6.45) is 3.91. The topological polar surface area (TPSA) is 111 Å². The molecule has 1 fully saturated rings. The molecule has 0 radical (unpaired) electrons. The number of rotatable bonds is 5. The van der Waals surface area contributed by atoms with E-state index in [-0.39, 0.29) is 17.2 Å². The maximum atomic E-state index is 13.8. The van der Waals surface area contributed by atoms with Crippen LogP contribution in [0.25, 0.3) is 10.9 Å². The second-order valence-corrected chi connectivity index (χ2v) is 10.7. The van der Waals surface area contributed by atoms with E-state index in [0.29, 0.717) is 38.8 Å². The summed E-state index contributed by atoms with van der Waals surface area (Å²) in [5.74, 6) is -0.465. The first-order valence-electron chi connectivity index (χ1n) is 12.4. The molecule has 2 aliphatic rings. The molecule has 7 nitrogen and oxygen atoms in total. The highest BCUT2D eigenvalue weighted by Gasteiger charge is 2.48. The van der Waals surface area contributed by atoms with Crippen LogP contribution in [0.1, 0.15) is 43.4 Å². The van der Waals surface area contributed by atoms with Crippen LogP contribution in [0.5, 0.6) is 0 Å². The minimum absolute atomic E-state index is 0.108. The van der Waals surface area contributed by atoms with Gasteiger partial charge >= 0.3 is 0 Å². The van der Waals surface area contributed by atoms with Gasteiger partial charge in [-0.3, -0.25) is 9.59 Å². The Kier molecular flexibility index (Phi) is 5.93. The number of nitrogens with zero attached hydrogens (tertiary/aromatic N) is 1. The van der Waals surface area contributed by atoms with Crippen LogP contribution in [0, 0.1) is 0 Å². The summed E-state index contributed by atoms with van der Waals surface area (Å²) in [5, 5.41) is 14.9. The van der Waals surface area contributed by atoms with Crippen molar-refractivity contribution >= 4 is 22.7 Å². The van der Waals surface area contributed by atoms with Crippen molar-refractivity contribution in [2.45, 2.75) is 62.6 Å². The highest BCUT2D eigenvalue weighted by atomic mass is 16.3. The van der Waals surface area contributed by atoms with Crippen LogP contribution in [0.15, 0.2) is 54.7 Å². The molecule has 0 saturated carbocycles. The molecule has 3 aromatic rings. The first-order valence-corrected chi connectivity index (χ1v) is 12.4. The smallest absolute Gasteiger partial charge is 0.245 e. The molecule has 2 aromatic carbocycles. The number of fused-ring (bicyclic) bond motifs is 3. The van der Waals surface area contributed by atoms with Crippen molar-refractivity contribution in [3.8, 4) is 0 Å². The van der Waals surface area contributed by atoms with Crippen LogP contribution in [-0.4, -0.2) is 57.6 Å². The molecule has 184 valence electrons. The third-order valence-electron chi connectivity index (χ3n) is 7.86. The number of hydrogen-bond acceptors (Lipinski definition) is 4. The Morgan fingerprint density at radius 1 is 1.17 bits per heavy atom. The molecule has 0 bridgehead atoms. The summed E-state index contributed by atoms with van der Waals surface area (Å²) in [6, 6.07) is 15.5. The number of carbonyl (C=O) groups is 2. The summed E-state index contributed by atoms with van der Waals surface area (Å²) in [5.41, 5.74) is 9.03. The van der Waals surface area contributed by atoms with Crippen molar-refractivity contribution in [1.82, 2.24) is 15.2 Å². The maximum Gasteiger partial charge on any atom is 0.245 e. The van der Waals surface area contributed by atoms with E-state index in [0.717, 1.165) is 16.5 Å². The molecular formula is C28H34N4O3. The molecule has 1 spiro atoms. The van der Waals surface area contributed by atoms with Crippen LogP contribution >= 0.6 is 0 Å². The van der Waals surface area contributed by atoms with E-state index in [1.165, 1.54) is 11.1 Å². The summed E-state index contributed by atoms with van der Waals surface area (Å²) in [6.45, 7) is 4.35. The van der Waals surface area contributed by atoms with Crippen LogP contribution in [0.3, 0.4) is 0 Å². The number of nitrogens with one attached hydrogen (secondary N) is 2.